The lowest BCUT2D eigenvalue weighted by Crippen LogP contribution is -2.13. The molecule has 5 N–H and O–H groups in total. The summed E-state index contributed by atoms with van der Waals surface area (Å²) in [4.78, 5) is 12.2. The highest BCUT2D eigenvalue weighted by Crippen LogP contribution is 2.18. The zero-order valence-electron chi connectivity index (χ0n) is 12.4. The Morgan fingerprint density at radius 3 is 2.43 bits per heavy atom. The molecule has 1 heterocycles. The van der Waals surface area contributed by atoms with E-state index in [-0.39, 0.29) is 5.91 Å². The Bertz CT molecular complexity index is 823. The summed E-state index contributed by atoms with van der Waals surface area (Å²) in [7, 11) is 0. The van der Waals surface area contributed by atoms with Crippen LogP contribution in [0.25, 0.3) is 0 Å². The van der Waals surface area contributed by atoms with Crippen molar-refractivity contribution in [3.8, 4) is 0 Å². The minimum absolute atomic E-state index is 0.196. The van der Waals surface area contributed by atoms with E-state index < -0.39 is 0 Å². The molecule has 2 aromatic carbocycles. The average molecular weight is 307 g/mol. The van der Waals surface area contributed by atoms with Crippen LogP contribution in [0.5, 0.6) is 0 Å². The lowest BCUT2D eigenvalue weighted by molar-refractivity contribution is 0.102. The van der Waals surface area contributed by atoms with Crippen molar-refractivity contribution < 1.29 is 4.79 Å². The predicted molar refractivity (Wildman–Crippen MR) is 91.0 cm³/mol. The number of para-hydroxylation sites is 2. The number of nitrogens with two attached hydrogens (primary N) is 2. The topological polar surface area (TPSA) is 99.0 Å². The molecule has 0 unspecified atom stereocenters. The number of hydrogen-bond donors (Lipinski definition) is 3. The van der Waals surface area contributed by atoms with Gasteiger partial charge in [-0.3, -0.25) is 9.48 Å². The van der Waals surface area contributed by atoms with Crippen molar-refractivity contribution in [3.63, 3.8) is 0 Å². The van der Waals surface area contributed by atoms with Gasteiger partial charge in [0.15, 0.2) is 0 Å². The van der Waals surface area contributed by atoms with Crippen molar-refractivity contribution >= 4 is 23.1 Å². The number of anilines is 3. The number of hydrogen-bond acceptors (Lipinski definition) is 4. The number of nitrogens with one attached hydrogen (secondary N) is 1. The molecule has 0 aliphatic heterocycles. The number of nitrogen functional groups attached to an aromatic ring is 2. The summed E-state index contributed by atoms with van der Waals surface area (Å²) in [5.41, 5.74) is 14.1. The van der Waals surface area contributed by atoms with E-state index in [1.807, 2.05) is 30.5 Å². The van der Waals surface area contributed by atoms with Gasteiger partial charge >= 0.3 is 0 Å². The van der Waals surface area contributed by atoms with Gasteiger partial charge in [0.05, 0.1) is 17.9 Å². The maximum atomic E-state index is 12.2. The Labute approximate surface area is 133 Å². The molecular weight excluding hydrogens is 290 g/mol. The number of nitrogens with zero attached hydrogens (tertiary/aromatic N) is 2. The fourth-order valence-electron chi connectivity index (χ4n) is 2.22. The van der Waals surface area contributed by atoms with E-state index in [0.29, 0.717) is 29.3 Å². The van der Waals surface area contributed by atoms with Crippen LogP contribution in [0.15, 0.2) is 60.8 Å². The summed E-state index contributed by atoms with van der Waals surface area (Å²) in [6.45, 7) is 0.602. The summed E-state index contributed by atoms with van der Waals surface area (Å²) in [6, 6.07) is 16.2. The van der Waals surface area contributed by atoms with E-state index in [1.165, 1.54) is 0 Å². The largest absolute Gasteiger partial charge is 0.397 e. The standard InChI is InChI=1S/C17H17N5O/c18-14-3-1-2-4-15(14)20-17(23)13-7-5-12(6-8-13)11-22-10-9-16(19)21-22/h1-10H,11,18H2,(H2,19,21)(H,20,23). The first kappa shape index (κ1) is 14.6. The molecule has 6 heteroatoms. The van der Waals surface area contributed by atoms with E-state index in [2.05, 4.69) is 10.4 Å². The number of carbonyl (C=O) groups excluding carboxylic acids is 1. The van der Waals surface area contributed by atoms with Crippen LogP contribution in [0.2, 0.25) is 0 Å². The molecule has 1 amide bonds. The quantitative estimate of drug-likeness (QED) is 0.644. The Balaban J connectivity index is 1.69. The summed E-state index contributed by atoms with van der Waals surface area (Å²) < 4.78 is 1.75. The Morgan fingerprint density at radius 1 is 1.04 bits per heavy atom. The van der Waals surface area contributed by atoms with Gasteiger partial charge in [0.25, 0.3) is 5.91 Å². The molecule has 1 aromatic heterocycles. The van der Waals surface area contributed by atoms with Gasteiger partial charge in [-0.15, -0.1) is 0 Å². The molecule has 23 heavy (non-hydrogen) atoms. The molecule has 0 saturated carbocycles. The summed E-state index contributed by atoms with van der Waals surface area (Å²) in [6.07, 6.45) is 1.81. The highest BCUT2D eigenvalue weighted by atomic mass is 16.1. The fraction of sp³-hybridized carbons (Fsp3) is 0.0588. The zero-order valence-corrected chi connectivity index (χ0v) is 12.4. The smallest absolute Gasteiger partial charge is 0.255 e. The first-order chi connectivity index (χ1) is 11.1. The fourth-order valence-corrected chi connectivity index (χ4v) is 2.22. The van der Waals surface area contributed by atoms with E-state index >= 15 is 0 Å². The second kappa shape index (κ2) is 6.23. The zero-order chi connectivity index (χ0) is 16.2. The van der Waals surface area contributed by atoms with Gasteiger partial charge in [0.2, 0.25) is 0 Å². The molecule has 6 nitrogen and oxygen atoms in total. The molecule has 0 bridgehead atoms. The maximum Gasteiger partial charge on any atom is 0.255 e. The molecule has 0 fully saturated rings. The normalized spacial score (nSPS) is 10.4. The lowest BCUT2D eigenvalue weighted by atomic mass is 10.1. The molecule has 0 aliphatic rings. The third-order valence-electron chi connectivity index (χ3n) is 3.43. The van der Waals surface area contributed by atoms with Gasteiger partial charge in [-0.1, -0.05) is 24.3 Å². The number of benzene rings is 2. The number of carbonyl (C=O) groups is 1. The van der Waals surface area contributed by atoms with Gasteiger partial charge in [0, 0.05) is 11.8 Å². The van der Waals surface area contributed by atoms with Crippen molar-refractivity contribution in [2.24, 2.45) is 0 Å². The van der Waals surface area contributed by atoms with Gasteiger partial charge in [-0.25, -0.2) is 0 Å². The van der Waals surface area contributed by atoms with Crippen LogP contribution in [0, 0.1) is 0 Å². The van der Waals surface area contributed by atoms with Crippen LogP contribution in [-0.2, 0) is 6.54 Å². The van der Waals surface area contributed by atoms with E-state index in [0.717, 1.165) is 5.56 Å². The van der Waals surface area contributed by atoms with E-state index in [4.69, 9.17) is 11.5 Å². The van der Waals surface area contributed by atoms with Crippen LogP contribution in [0.4, 0.5) is 17.2 Å². The second-order valence-corrected chi connectivity index (χ2v) is 5.18. The monoisotopic (exact) mass is 307 g/mol. The summed E-state index contributed by atoms with van der Waals surface area (Å²) in [5.74, 6) is 0.291. The molecule has 0 radical (unpaired) electrons. The molecule has 3 aromatic rings. The predicted octanol–water partition coefficient (Wildman–Crippen LogP) is 2.35. The Morgan fingerprint density at radius 2 is 1.78 bits per heavy atom. The second-order valence-electron chi connectivity index (χ2n) is 5.18. The molecule has 0 aliphatic carbocycles. The molecular formula is C17H17N5O. The van der Waals surface area contributed by atoms with E-state index in [1.54, 1.807) is 35.0 Å². The van der Waals surface area contributed by atoms with Crippen LogP contribution in [0.1, 0.15) is 15.9 Å². The van der Waals surface area contributed by atoms with Crippen molar-refractivity contribution in [2.75, 3.05) is 16.8 Å². The molecule has 0 atom stereocenters. The minimum atomic E-state index is -0.196. The van der Waals surface area contributed by atoms with Crippen molar-refractivity contribution in [2.45, 2.75) is 6.54 Å². The van der Waals surface area contributed by atoms with Crippen molar-refractivity contribution in [1.82, 2.24) is 9.78 Å². The minimum Gasteiger partial charge on any atom is -0.397 e. The van der Waals surface area contributed by atoms with Crippen LogP contribution in [-0.4, -0.2) is 15.7 Å². The molecule has 116 valence electrons. The van der Waals surface area contributed by atoms with Crippen LogP contribution in [0.3, 0.4) is 0 Å². The summed E-state index contributed by atoms with van der Waals surface area (Å²) >= 11 is 0. The SMILES string of the molecule is Nc1ccn(Cc2ccc(C(=O)Nc3ccccc3N)cc2)n1. The first-order valence-corrected chi connectivity index (χ1v) is 7.15. The van der Waals surface area contributed by atoms with Crippen LogP contribution < -0.4 is 16.8 Å². The number of aromatic nitrogens is 2. The Kier molecular flexibility index (Phi) is 3.97. The van der Waals surface area contributed by atoms with Gasteiger partial charge in [-0.2, -0.15) is 5.10 Å². The highest BCUT2D eigenvalue weighted by Gasteiger charge is 2.08. The maximum absolute atomic E-state index is 12.2. The average Bonchev–Trinajstić information content (AvgIpc) is 2.95. The number of rotatable bonds is 4. The summed E-state index contributed by atoms with van der Waals surface area (Å²) in [5, 5.41) is 6.93. The third-order valence-corrected chi connectivity index (χ3v) is 3.43. The first-order valence-electron chi connectivity index (χ1n) is 7.15. The van der Waals surface area contributed by atoms with E-state index in [9.17, 15) is 4.79 Å². The van der Waals surface area contributed by atoms with Crippen molar-refractivity contribution in [3.05, 3.63) is 71.9 Å². The molecule has 0 saturated heterocycles. The number of amides is 1. The lowest BCUT2D eigenvalue weighted by Gasteiger charge is -2.08. The van der Waals surface area contributed by atoms with Crippen molar-refractivity contribution in [1.29, 1.82) is 0 Å². The third kappa shape index (κ3) is 3.49. The van der Waals surface area contributed by atoms with Gasteiger partial charge in [0.1, 0.15) is 5.82 Å². The Hall–Kier alpha value is -3.28. The molecule has 3 rings (SSSR count). The van der Waals surface area contributed by atoms with Gasteiger partial charge in [-0.05, 0) is 35.9 Å². The van der Waals surface area contributed by atoms with Crippen LogP contribution >= 0.6 is 0 Å². The highest BCUT2D eigenvalue weighted by molar-refractivity contribution is 6.05. The molecule has 0 spiro atoms. The van der Waals surface area contributed by atoms with Gasteiger partial charge < -0.3 is 16.8 Å².